The highest BCUT2D eigenvalue weighted by Crippen LogP contribution is 2.32. The molecule has 0 aliphatic rings. The number of hydrogen-bond acceptors (Lipinski definition) is 4. The minimum Gasteiger partial charge on any atom is -0.497 e. The van der Waals surface area contributed by atoms with E-state index in [4.69, 9.17) is 9.47 Å². The number of pyridine rings is 1. The van der Waals surface area contributed by atoms with E-state index in [0.717, 1.165) is 6.20 Å². The fourth-order valence-corrected chi connectivity index (χ4v) is 1.71. The van der Waals surface area contributed by atoms with E-state index in [-0.39, 0.29) is 5.56 Å². The van der Waals surface area contributed by atoms with E-state index in [1.807, 2.05) is 0 Å². The van der Waals surface area contributed by atoms with Crippen LogP contribution in [-0.2, 0) is 0 Å². The molecule has 0 saturated carbocycles. The summed E-state index contributed by atoms with van der Waals surface area (Å²) in [6.45, 7) is 0. The topological polar surface area (TPSA) is 48.4 Å². The molecule has 0 N–H and O–H groups in total. The molecule has 0 atom stereocenters. The maximum absolute atomic E-state index is 13.3. The Morgan fingerprint density at radius 2 is 2.00 bits per heavy atom. The molecule has 4 nitrogen and oxygen atoms in total. The van der Waals surface area contributed by atoms with Gasteiger partial charge in [0.1, 0.15) is 11.5 Å². The van der Waals surface area contributed by atoms with Crippen molar-refractivity contribution >= 4 is 6.29 Å². The van der Waals surface area contributed by atoms with Gasteiger partial charge in [0.05, 0.1) is 31.7 Å². The van der Waals surface area contributed by atoms with Crippen molar-refractivity contribution in [3.63, 3.8) is 0 Å². The second-order valence-electron chi connectivity index (χ2n) is 3.78. The van der Waals surface area contributed by atoms with Crippen LogP contribution in [0.5, 0.6) is 11.5 Å². The van der Waals surface area contributed by atoms with Gasteiger partial charge >= 0.3 is 0 Å². The van der Waals surface area contributed by atoms with Crippen LogP contribution in [0.15, 0.2) is 30.5 Å². The second kappa shape index (κ2) is 5.48. The zero-order valence-electron chi connectivity index (χ0n) is 10.5. The molecule has 0 amide bonds. The first-order valence-electron chi connectivity index (χ1n) is 5.52. The van der Waals surface area contributed by atoms with Crippen LogP contribution in [0.25, 0.3) is 11.3 Å². The molecule has 0 radical (unpaired) electrons. The third-order valence-electron chi connectivity index (χ3n) is 2.69. The zero-order chi connectivity index (χ0) is 13.8. The van der Waals surface area contributed by atoms with Gasteiger partial charge in [-0.3, -0.25) is 9.78 Å². The smallest absolute Gasteiger partial charge is 0.153 e. The molecule has 98 valence electrons. The minimum absolute atomic E-state index is 0.0464. The summed E-state index contributed by atoms with van der Waals surface area (Å²) in [5.41, 5.74) is 1.03. The monoisotopic (exact) mass is 261 g/mol. The van der Waals surface area contributed by atoms with Gasteiger partial charge in [0.25, 0.3) is 0 Å². The summed E-state index contributed by atoms with van der Waals surface area (Å²) < 4.78 is 23.6. The van der Waals surface area contributed by atoms with E-state index in [9.17, 15) is 9.18 Å². The average Bonchev–Trinajstić information content (AvgIpc) is 2.47. The number of nitrogens with zero attached hydrogens (tertiary/aromatic N) is 1. The van der Waals surface area contributed by atoms with Crippen molar-refractivity contribution in [3.05, 3.63) is 41.8 Å². The predicted molar refractivity (Wildman–Crippen MR) is 68.1 cm³/mol. The first-order chi connectivity index (χ1) is 9.19. The molecular formula is C14H12FNO3. The van der Waals surface area contributed by atoms with E-state index < -0.39 is 5.82 Å². The average molecular weight is 261 g/mol. The van der Waals surface area contributed by atoms with Gasteiger partial charge in [0.15, 0.2) is 12.1 Å². The number of carbonyl (C=O) groups is 1. The molecule has 0 unspecified atom stereocenters. The number of hydrogen-bond donors (Lipinski definition) is 0. The first kappa shape index (κ1) is 13.0. The number of carbonyl (C=O) groups excluding carboxylic acids is 1. The number of aromatic nitrogens is 1. The van der Waals surface area contributed by atoms with Crippen molar-refractivity contribution in [1.29, 1.82) is 0 Å². The van der Waals surface area contributed by atoms with Crippen molar-refractivity contribution in [1.82, 2.24) is 4.98 Å². The lowest BCUT2D eigenvalue weighted by Crippen LogP contribution is -1.95. The van der Waals surface area contributed by atoms with Crippen LogP contribution in [-0.4, -0.2) is 25.5 Å². The van der Waals surface area contributed by atoms with Gasteiger partial charge in [-0.25, -0.2) is 4.39 Å². The van der Waals surface area contributed by atoms with Crippen LogP contribution in [0.1, 0.15) is 10.4 Å². The Kier molecular flexibility index (Phi) is 3.75. The van der Waals surface area contributed by atoms with E-state index in [1.54, 1.807) is 25.3 Å². The Bertz CT molecular complexity index is 614. The molecule has 5 heteroatoms. The summed E-state index contributed by atoms with van der Waals surface area (Å²) in [5, 5.41) is 0. The van der Waals surface area contributed by atoms with Crippen LogP contribution in [0.2, 0.25) is 0 Å². The highest BCUT2D eigenvalue weighted by molar-refractivity contribution is 5.79. The second-order valence-corrected chi connectivity index (χ2v) is 3.78. The lowest BCUT2D eigenvalue weighted by atomic mass is 10.1. The van der Waals surface area contributed by atoms with Crippen LogP contribution in [0.3, 0.4) is 0 Å². The van der Waals surface area contributed by atoms with Crippen molar-refractivity contribution in [2.75, 3.05) is 14.2 Å². The van der Waals surface area contributed by atoms with E-state index in [2.05, 4.69) is 4.98 Å². The van der Waals surface area contributed by atoms with Gasteiger partial charge in [-0.15, -0.1) is 0 Å². The fourth-order valence-electron chi connectivity index (χ4n) is 1.71. The molecule has 0 aliphatic heterocycles. The molecule has 0 bridgehead atoms. The molecule has 2 aromatic rings. The van der Waals surface area contributed by atoms with Gasteiger partial charge in [0, 0.05) is 5.56 Å². The van der Waals surface area contributed by atoms with Gasteiger partial charge in [-0.1, -0.05) is 0 Å². The highest BCUT2D eigenvalue weighted by atomic mass is 19.1. The predicted octanol–water partition coefficient (Wildman–Crippen LogP) is 2.72. The summed E-state index contributed by atoms with van der Waals surface area (Å²) in [6, 6.07) is 6.56. The number of rotatable bonds is 4. The minimum atomic E-state index is -0.652. The third-order valence-corrected chi connectivity index (χ3v) is 2.69. The normalized spacial score (nSPS) is 10.1. The summed E-state index contributed by atoms with van der Waals surface area (Å²) in [5.74, 6) is 0.534. The number of benzene rings is 1. The van der Waals surface area contributed by atoms with Crippen molar-refractivity contribution in [3.8, 4) is 22.8 Å². The lowest BCUT2D eigenvalue weighted by molar-refractivity contribution is 0.111. The quantitative estimate of drug-likeness (QED) is 0.794. The van der Waals surface area contributed by atoms with Crippen LogP contribution in [0.4, 0.5) is 4.39 Å². The van der Waals surface area contributed by atoms with Gasteiger partial charge in [-0.05, 0) is 24.3 Å². The van der Waals surface area contributed by atoms with Crippen LogP contribution >= 0.6 is 0 Å². The number of ether oxygens (including phenoxy) is 2. The number of halogens is 1. The fraction of sp³-hybridized carbons (Fsp3) is 0.143. The Labute approximate surface area is 109 Å². The van der Waals surface area contributed by atoms with Crippen LogP contribution < -0.4 is 9.47 Å². The molecule has 1 aromatic carbocycles. The Morgan fingerprint density at radius 3 is 2.63 bits per heavy atom. The molecule has 0 fully saturated rings. The van der Waals surface area contributed by atoms with Gasteiger partial charge < -0.3 is 9.47 Å². The lowest BCUT2D eigenvalue weighted by Gasteiger charge is -2.10. The standard InChI is InChI=1S/C14H12FNO3/c1-18-10-3-4-14(19-2)11(6-10)13-5-9(8-17)12(15)7-16-13/h3-8H,1-2H3. The zero-order valence-corrected chi connectivity index (χ0v) is 10.5. The van der Waals surface area contributed by atoms with Gasteiger partial charge in [-0.2, -0.15) is 0 Å². The molecule has 0 aliphatic carbocycles. The summed E-state index contributed by atoms with van der Waals surface area (Å²) in [6.07, 6.45) is 1.46. The number of methoxy groups -OCH3 is 2. The molecule has 19 heavy (non-hydrogen) atoms. The maximum Gasteiger partial charge on any atom is 0.153 e. The molecule has 1 aromatic heterocycles. The van der Waals surface area contributed by atoms with E-state index >= 15 is 0 Å². The number of aldehydes is 1. The highest BCUT2D eigenvalue weighted by Gasteiger charge is 2.11. The van der Waals surface area contributed by atoms with Crippen molar-refractivity contribution < 1.29 is 18.7 Å². The maximum atomic E-state index is 13.3. The molecule has 1 heterocycles. The Morgan fingerprint density at radius 1 is 1.21 bits per heavy atom. The Balaban J connectivity index is 2.59. The van der Waals surface area contributed by atoms with Crippen molar-refractivity contribution in [2.45, 2.75) is 0 Å². The van der Waals surface area contributed by atoms with E-state index in [1.165, 1.54) is 13.2 Å². The SMILES string of the molecule is COc1ccc(OC)c(-c2cc(C=O)c(F)cn2)c1. The van der Waals surface area contributed by atoms with Gasteiger partial charge in [0.2, 0.25) is 0 Å². The summed E-state index contributed by atoms with van der Waals surface area (Å²) >= 11 is 0. The molecule has 2 rings (SSSR count). The van der Waals surface area contributed by atoms with Crippen molar-refractivity contribution in [2.24, 2.45) is 0 Å². The first-order valence-corrected chi connectivity index (χ1v) is 5.52. The third kappa shape index (κ3) is 2.54. The van der Waals surface area contributed by atoms with E-state index in [0.29, 0.717) is 29.0 Å². The summed E-state index contributed by atoms with van der Waals surface area (Å²) in [4.78, 5) is 14.7. The molecular weight excluding hydrogens is 249 g/mol. The molecule has 0 saturated heterocycles. The van der Waals surface area contributed by atoms with Crippen LogP contribution in [0, 0.1) is 5.82 Å². The molecule has 0 spiro atoms. The summed E-state index contributed by atoms with van der Waals surface area (Å²) in [7, 11) is 3.07. The largest absolute Gasteiger partial charge is 0.497 e. The Hall–Kier alpha value is -2.43.